The number of carbonyl (C=O) groups excluding carboxylic acids is 1. The van der Waals surface area contributed by atoms with Crippen molar-refractivity contribution >= 4 is 5.91 Å². The molecule has 0 spiro atoms. The van der Waals surface area contributed by atoms with E-state index < -0.39 is 12.2 Å². The standard InChI is InChI=1S/C14H15NO5/c16-10-1-7-6-2-12-13(20-5-19-12)3-8(6)14(18)15-9(7)4-11(10)17/h2-3,7,9-11,16-17H,1,4-5H2,(H,15,18)/t7-,9+,10+,11+/m1/s1. The number of hydrogen-bond acceptors (Lipinski definition) is 5. The van der Waals surface area contributed by atoms with E-state index in [1.54, 1.807) is 6.07 Å². The molecule has 4 rings (SSSR count). The number of amides is 1. The first-order chi connectivity index (χ1) is 9.63. The fourth-order valence-electron chi connectivity index (χ4n) is 3.37. The zero-order valence-corrected chi connectivity index (χ0v) is 10.7. The second kappa shape index (κ2) is 4.10. The average Bonchev–Trinajstić information content (AvgIpc) is 2.87. The summed E-state index contributed by atoms with van der Waals surface area (Å²) in [6.45, 7) is 0.162. The lowest BCUT2D eigenvalue weighted by Gasteiger charge is -2.41. The van der Waals surface area contributed by atoms with Gasteiger partial charge in [0.2, 0.25) is 6.79 Å². The highest BCUT2D eigenvalue weighted by Crippen LogP contribution is 2.43. The zero-order valence-electron chi connectivity index (χ0n) is 10.7. The van der Waals surface area contributed by atoms with Gasteiger partial charge in [-0.15, -0.1) is 0 Å². The smallest absolute Gasteiger partial charge is 0.251 e. The maximum absolute atomic E-state index is 12.2. The first-order valence-corrected chi connectivity index (χ1v) is 6.74. The summed E-state index contributed by atoms with van der Waals surface area (Å²) in [4.78, 5) is 12.2. The van der Waals surface area contributed by atoms with Crippen molar-refractivity contribution in [1.82, 2.24) is 5.32 Å². The van der Waals surface area contributed by atoms with Gasteiger partial charge in [0.15, 0.2) is 11.5 Å². The molecule has 2 heterocycles. The number of hydrogen-bond donors (Lipinski definition) is 3. The van der Waals surface area contributed by atoms with Gasteiger partial charge in [0.1, 0.15) is 0 Å². The molecule has 1 amide bonds. The second-order valence-electron chi connectivity index (χ2n) is 5.59. The molecule has 3 aliphatic rings. The highest BCUT2D eigenvalue weighted by atomic mass is 16.7. The van der Waals surface area contributed by atoms with Crippen molar-refractivity contribution in [3.8, 4) is 11.5 Å². The topological polar surface area (TPSA) is 88.0 Å². The molecule has 20 heavy (non-hydrogen) atoms. The quantitative estimate of drug-likeness (QED) is 0.627. The van der Waals surface area contributed by atoms with Crippen molar-refractivity contribution in [3.63, 3.8) is 0 Å². The molecule has 2 aliphatic heterocycles. The van der Waals surface area contributed by atoms with Gasteiger partial charge in [0, 0.05) is 17.5 Å². The fraction of sp³-hybridized carbons (Fsp3) is 0.500. The summed E-state index contributed by atoms with van der Waals surface area (Å²) in [6, 6.07) is 3.38. The molecule has 1 aliphatic carbocycles. The van der Waals surface area contributed by atoms with Gasteiger partial charge in [-0.25, -0.2) is 0 Å². The number of carbonyl (C=O) groups is 1. The molecule has 6 nitrogen and oxygen atoms in total. The molecule has 0 radical (unpaired) electrons. The van der Waals surface area contributed by atoms with Gasteiger partial charge >= 0.3 is 0 Å². The molecular weight excluding hydrogens is 262 g/mol. The Balaban J connectivity index is 1.80. The molecule has 0 unspecified atom stereocenters. The van der Waals surface area contributed by atoms with Crippen LogP contribution in [-0.2, 0) is 0 Å². The largest absolute Gasteiger partial charge is 0.454 e. The Morgan fingerprint density at radius 3 is 2.60 bits per heavy atom. The van der Waals surface area contributed by atoms with Crippen molar-refractivity contribution in [3.05, 3.63) is 23.3 Å². The number of aliphatic hydroxyl groups excluding tert-OH is 2. The molecule has 4 atom stereocenters. The van der Waals surface area contributed by atoms with Crippen LogP contribution in [0.4, 0.5) is 0 Å². The van der Waals surface area contributed by atoms with Gasteiger partial charge in [-0.2, -0.15) is 0 Å². The Morgan fingerprint density at radius 1 is 1.10 bits per heavy atom. The third kappa shape index (κ3) is 1.61. The molecule has 1 fully saturated rings. The number of aliphatic hydroxyl groups is 2. The maximum Gasteiger partial charge on any atom is 0.251 e. The number of nitrogens with one attached hydrogen (secondary N) is 1. The highest BCUT2D eigenvalue weighted by Gasteiger charge is 2.42. The minimum absolute atomic E-state index is 0.00407. The zero-order chi connectivity index (χ0) is 13.9. The van der Waals surface area contributed by atoms with Crippen LogP contribution in [-0.4, -0.2) is 41.2 Å². The molecule has 1 aromatic carbocycles. The Morgan fingerprint density at radius 2 is 1.80 bits per heavy atom. The van der Waals surface area contributed by atoms with Gasteiger partial charge in [-0.1, -0.05) is 0 Å². The maximum atomic E-state index is 12.2. The molecule has 1 saturated carbocycles. The minimum atomic E-state index is -0.785. The van der Waals surface area contributed by atoms with E-state index >= 15 is 0 Å². The first kappa shape index (κ1) is 12.0. The predicted octanol–water partition coefficient (Wildman–Crippen LogP) is 0.126. The summed E-state index contributed by atoms with van der Waals surface area (Å²) >= 11 is 0. The highest BCUT2D eigenvalue weighted by molar-refractivity contribution is 5.98. The minimum Gasteiger partial charge on any atom is -0.454 e. The lowest BCUT2D eigenvalue weighted by molar-refractivity contribution is -0.0259. The van der Waals surface area contributed by atoms with Crippen molar-refractivity contribution in [1.29, 1.82) is 0 Å². The SMILES string of the molecule is O=C1N[C@H]2C[C@H](O)[C@@H](O)C[C@@H]2c2cc3c(cc21)OCO3. The summed E-state index contributed by atoms with van der Waals surface area (Å²) in [7, 11) is 0. The van der Waals surface area contributed by atoms with E-state index in [0.29, 0.717) is 29.9 Å². The van der Waals surface area contributed by atoms with Gasteiger partial charge in [-0.3, -0.25) is 4.79 Å². The number of benzene rings is 1. The Hall–Kier alpha value is -1.79. The van der Waals surface area contributed by atoms with Crippen molar-refractivity contribution in [2.75, 3.05) is 6.79 Å². The van der Waals surface area contributed by atoms with Gasteiger partial charge in [0.05, 0.1) is 12.2 Å². The van der Waals surface area contributed by atoms with Crippen LogP contribution in [0.3, 0.4) is 0 Å². The Bertz CT molecular complexity index is 587. The number of ether oxygens (including phenoxy) is 2. The van der Waals surface area contributed by atoms with Crippen molar-refractivity contribution in [2.24, 2.45) is 0 Å². The van der Waals surface area contributed by atoms with E-state index in [2.05, 4.69) is 5.32 Å². The van der Waals surface area contributed by atoms with Crippen molar-refractivity contribution in [2.45, 2.75) is 37.0 Å². The lowest BCUT2D eigenvalue weighted by Crippen LogP contribution is -2.52. The van der Waals surface area contributed by atoms with E-state index in [4.69, 9.17) is 9.47 Å². The molecule has 106 valence electrons. The Labute approximate surface area is 115 Å². The Kier molecular flexibility index (Phi) is 2.46. The third-order valence-corrected chi connectivity index (χ3v) is 4.43. The van der Waals surface area contributed by atoms with Crippen LogP contribution >= 0.6 is 0 Å². The fourth-order valence-corrected chi connectivity index (χ4v) is 3.37. The molecule has 0 saturated heterocycles. The second-order valence-corrected chi connectivity index (χ2v) is 5.59. The normalized spacial score (nSPS) is 34.2. The molecule has 1 aromatic rings. The van der Waals surface area contributed by atoms with E-state index in [-0.39, 0.29) is 24.7 Å². The van der Waals surface area contributed by atoms with Gasteiger partial charge in [0.25, 0.3) is 5.91 Å². The first-order valence-electron chi connectivity index (χ1n) is 6.74. The molecule has 0 bridgehead atoms. The monoisotopic (exact) mass is 277 g/mol. The van der Waals surface area contributed by atoms with Gasteiger partial charge < -0.3 is 25.0 Å². The number of fused-ring (bicyclic) bond motifs is 4. The van der Waals surface area contributed by atoms with Crippen LogP contribution in [0.1, 0.15) is 34.7 Å². The predicted molar refractivity (Wildman–Crippen MR) is 67.8 cm³/mol. The van der Waals surface area contributed by atoms with Crippen molar-refractivity contribution < 1.29 is 24.5 Å². The summed E-state index contributed by atoms with van der Waals surface area (Å²) in [5, 5.41) is 22.6. The van der Waals surface area contributed by atoms with E-state index in [1.165, 1.54) is 0 Å². The molecule has 6 heteroatoms. The van der Waals surface area contributed by atoms with Crippen LogP contribution in [0.5, 0.6) is 11.5 Å². The van der Waals surface area contributed by atoms with Crippen LogP contribution < -0.4 is 14.8 Å². The summed E-state index contributed by atoms with van der Waals surface area (Å²) in [6.07, 6.45) is -0.749. The summed E-state index contributed by atoms with van der Waals surface area (Å²) in [5.74, 6) is 1.05. The molecular formula is C14H15NO5. The third-order valence-electron chi connectivity index (χ3n) is 4.43. The lowest BCUT2D eigenvalue weighted by atomic mass is 9.73. The molecule has 0 aromatic heterocycles. The van der Waals surface area contributed by atoms with Gasteiger partial charge in [-0.05, 0) is 30.5 Å². The van der Waals surface area contributed by atoms with Crippen LogP contribution in [0.15, 0.2) is 12.1 Å². The van der Waals surface area contributed by atoms with Crippen LogP contribution in [0, 0.1) is 0 Å². The van der Waals surface area contributed by atoms with Crippen LogP contribution in [0.2, 0.25) is 0 Å². The van der Waals surface area contributed by atoms with E-state index in [9.17, 15) is 15.0 Å². The average molecular weight is 277 g/mol. The summed E-state index contributed by atoms with van der Waals surface area (Å²) < 4.78 is 10.7. The molecule has 3 N–H and O–H groups in total. The van der Waals surface area contributed by atoms with E-state index in [1.807, 2.05) is 6.07 Å². The number of rotatable bonds is 0. The van der Waals surface area contributed by atoms with Crippen LogP contribution in [0.25, 0.3) is 0 Å². The summed E-state index contributed by atoms with van der Waals surface area (Å²) in [5.41, 5.74) is 1.44. The van der Waals surface area contributed by atoms with E-state index in [0.717, 1.165) is 5.56 Å².